The lowest BCUT2D eigenvalue weighted by Crippen LogP contribution is -2.39. The smallest absolute Gasteiger partial charge is 0.251 e. The van der Waals surface area contributed by atoms with Crippen molar-refractivity contribution in [2.24, 2.45) is 0 Å². The average molecular weight is 273 g/mol. The van der Waals surface area contributed by atoms with E-state index in [2.05, 4.69) is 30.3 Å². The minimum Gasteiger partial charge on any atom is -0.368 e. The van der Waals surface area contributed by atoms with Crippen LogP contribution in [0.4, 0.5) is 0 Å². The van der Waals surface area contributed by atoms with Crippen LogP contribution >= 0.6 is 0 Å². The van der Waals surface area contributed by atoms with Gasteiger partial charge in [0.25, 0.3) is 5.91 Å². The summed E-state index contributed by atoms with van der Waals surface area (Å²) in [6.07, 6.45) is 5.11. The maximum atomic E-state index is 12.4. The average Bonchev–Trinajstić information content (AvgIpc) is 2.92. The summed E-state index contributed by atoms with van der Waals surface area (Å²) in [6, 6.07) is 10.7. The van der Waals surface area contributed by atoms with Gasteiger partial charge in [0, 0.05) is 19.7 Å². The molecule has 0 unspecified atom stereocenters. The maximum absolute atomic E-state index is 12.4. The van der Waals surface area contributed by atoms with E-state index in [1.165, 1.54) is 12.0 Å². The van der Waals surface area contributed by atoms with Gasteiger partial charge in [-0.1, -0.05) is 30.3 Å². The molecule has 2 aliphatic rings. The molecule has 1 aromatic carbocycles. The van der Waals surface area contributed by atoms with Crippen molar-refractivity contribution in [1.82, 2.24) is 4.90 Å². The van der Waals surface area contributed by atoms with Gasteiger partial charge in [0.1, 0.15) is 6.10 Å². The van der Waals surface area contributed by atoms with Gasteiger partial charge in [0.2, 0.25) is 0 Å². The van der Waals surface area contributed by atoms with Gasteiger partial charge in [-0.2, -0.15) is 0 Å². The van der Waals surface area contributed by atoms with Crippen LogP contribution in [-0.4, -0.2) is 36.6 Å². The topological polar surface area (TPSA) is 29.5 Å². The third-order valence-corrected chi connectivity index (χ3v) is 4.52. The molecule has 3 heteroatoms. The summed E-state index contributed by atoms with van der Waals surface area (Å²) in [5, 5.41) is 0. The molecule has 0 aliphatic carbocycles. The van der Waals surface area contributed by atoms with E-state index in [0.29, 0.717) is 5.92 Å². The third kappa shape index (κ3) is 3.04. The van der Waals surface area contributed by atoms with E-state index in [1.807, 2.05) is 4.90 Å². The predicted molar refractivity (Wildman–Crippen MR) is 78.6 cm³/mol. The number of hydrogen-bond donors (Lipinski definition) is 0. The van der Waals surface area contributed by atoms with Crippen LogP contribution in [0.1, 0.15) is 43.6 Å². The van der Waals surface area contributed by atoms with Gasteiger partial charge in [-0.25, -0.2) is 0 Å². The normalized spacial score (nSPS) is 27.3. The van der Waals surface area contributed by atoms with E-state index >= 15 is 0 Å². The van der Waals surface area contributed by atoms with Crippen molar-refractivity contribution in [3.8, 4) is 0 Å². The Balaban J connectivity index is 1.60. The fourth-order valence-corrected chi connectivity index (χ4v) is 3.35. The highest BCUT2D eigenvalue weighted by Gasteiger charge is 2.29. The number of benzene rings is 1. The Morgan fingerprint density at radius 2 is 1.90 bits per heavy atom. The first-order valence-corrected chi connectivity index (χ1v) is 7.80. The van der Waals surface area contributed by atoms with Crippen molar-refractivity contribution in [1.29, 1.82) is 0 Å². The summed E-state index contributed by atoms with van der Waals surface area (Å²) in [5.74, 6) is 0.815. The molecular weight excluding hydrogens is 250 g/mol. The number of carbonyl (C=O) groups excluding carboxylic acids is 1. The highest BCUT2D eigenvalue weighted by Crippen LogP contribution is 2.28. The zero-order chi connectivity index (χ0) is 13.8. The summed E-state index contributed by atoms with van der Waals surface area (Å²) in [6.45, 7) is 2.51. The summed E-state index contributed by atoms with van der Waals surface area (Å²) in [4.78, 5) is 14.4. The van der Waals surface area contributed by atoms with Gasteiger partial charge in [0.15, 0.2) is 0 Å². The second kappa shape index (κ2) is 6.40. The number of amides is 1. The zero-order valence-corrected chi connectivity index (χ0v) is 12.0. The van der Waals surface area contributed by atoms with E-state index in [9.17, 15) is 4.79 Å². The fourth-order valence-electron chi connectivity index (χ4n) is 3.35. The van der Waals surface area contributed by atoms with Crippen LogP contribution in [0, 0.1) is 0 Å². The SMILES string of the molecule is O=C([C@@H]1CCCO1)N1CCC[C@H](c2ccccc2)CC1. The molecule has 108 valence electrons. The monoisotopic (exact) mass is 273 g/mol. The Morgan fingerprint density at radius 3 is 2.65 bits per heavy atom. The molecule has 1 amide bonds. The fraction of sp³-hybridized carbons (Fsp3) is 0.588. The van der Waals surface area contributed by atoms with Crippen LogP contribution in [-0.2, 0) is 9.53 Å². The lowest BCUT2D eigenvalue weighted by molar-refractivity contribution is -0.140. The van der Waals surface area contributed by atoms with Gasteiger partial charge in [-0.15, -0.1) is 0 Å². The van der Waals surface area contributed by atoms with Crippen LogP contribution < -0.4 is 0 Å². The number of hydrogen-bond acceptors (Lipinski definition) is 2. The molecule has 1 aromatic rings. The quantitative estimate of drug-likeness (QED) is 0.829. The van der Waals surface area contributed by atoms with Gasteiger partial charge in [-0.05, 0) is 43.6 Å². The molecule has 2 saturated heterocycles. The predicted octanol–water partition coefficient (Wildman–Crippen LogP) is 2.96. The summed E-state index contributed by atoms with van der Waals surface area (Å²) in [5.41, 5.74) is 1.42. The lowest BCUT2D eigenvalue weighted by Gasteiger charge is -2.23. The molecule has 2 fully saturated rings. The first-order valence-electron chi connectivity index (χ1n) is 7.80. The molecular formula is C17H23NO2. The molecule has 3 nitrogen and oxygen atoms in total. The van der Waals surface area contributed by atoms with Crippen LogP contribution in [0.15, 0.2) is 30.3 Å². The van der Waals surface area contributed by atoms with Gasteiger partial charge >= 0.3 is 0 Å². The second-order valence-corrected chi connectivity index (χ2v) is 5.87. The summed E-state index contributed by atoms with van der Waals surface area (Å²) < 4.78 is 5.53. The van der Waals surface area contributed by atoms with Gasteiger partial charge in [-0.3, -0.25) is 4.79 Å². The first kappa shape index (κ1) is 13.6. The largest absolute Gasteiger partial charge is 0.368 e. The summed E-state index contributed by atoms with van der Waals surface area (Å²) in [7, 11) is 0. The number of nitrogens with zero attached hydrogens (tertiary/aromatic N) is 1. The third-order valence-electron chi connectivity index (χ3n) is 4.52. The number of ether oxygens (including phenoxy) is 1. The van der Waals surface area contributed by atoms with Crippen molar-refractivity contribution < 1.29 is 9.53 Å². The van der Waals surface area contributed by atoms with Gasteiger partial charge < -0.3 is 9.64 Å². The molecule has 0 N–H and O–H groups in total. The Morgan fingerprint density at radius 1 is 1.05 bits per heavy atom. The Hall–Kier alpha value is -1.35. The Bertz CT molecular complexity index is 440. The minimum atomic E-state index is -0.164. The molecule has 0 spiro atoms. The van der Waals surface area contributed by atoms with E-state index in [4.69, 9.17) is 4.74 Å². The van der Waals surface area contributed by atoms with Crippen molar-refractivity contribution in [2.75, 3.05) is 19.7 Å². The highest BCUT2D eigenvalue weighted by molar-refractivity contribution is 5.81. The van der Waals surface area contributed by atoms with Crippen molar-refractivity contribution >= 4 is 5.91 Å². The molecule has 0 saturated carbocycles. The van der Waals surface area contributed by atoms with Crippen molar-refractivity contribution in [3.05, 3.63) is 35.9 Å². The standard InChI is InChI=1S/C17H23NO2/c19-17(16-9-5-13-20-16)18-11-4-8-15(10-12-18)14-6-2-1-3-7-14/h1-3,6-7,15-16H,4-5,8-13H2/t15-,16-/m0/s1. The molecule has 0 radical (unpaired) electrons. The van der Waals surface area contributed by atoms with E-state index < -0.39 is 0 Å². The second-order valence-electron chi connectivity index (χ2n) is 5.87. The molecule has 0 aromatic heterocycles. The van der Waals surface area contributed by atoms with E-state index in [-0.39, 0.29) is 12.0 Å². The maximum Gasteiger partial charge on any atom is 0.251 e. The van der Waals surface area contributed by atoms with Crippen molar-refractivity contribution in [2.45, 2.75) is 44.1 Å². The molecule has 2 atom stereocenters. The van der Waals surface area contributed by atoms with Gasteiger partial charge in [0.05, 0.1) is 0 Å². The minimum absolute atomic E-state index is 0.164. The Kier molecular flexibility index (Phi) is 4.36. The molecule has 20 heavy (non-hydrogen) atoms. The molecule has 2 heterocycles. The molecule has 0 bridgehead atoms. The number of likely N-dealkylation sites (tertiary alicyclic amines) is 1. The lowest BCUT2D eigenvalue weighted by atomic mass is 9.92. The van der Waals surface area contributed by atoms with Crippen LogP contribution in [0.3, 0.4) is 0 Å². The van der Waals surface area contributed by atoms with E-state index in [0.717, 1.165) is 45.4 Å². The highest BCUT2D eigenvalue weighted by atomic mass is 16.5. The van der Waals surface area contributed by atoms with Crippen LogP contribution in [0.5, 0.6) is 0 Å². The van der Waals surface area contributed by atoms with E-state index in [1.54, 1.807) is 0 Å². The number of carbonyl (C=O) groups is 1. The number of rotatable bonds is 2. The summed E-state index contributed by atoms with van der Waals surface area (Å²) >= 11 is 0. The zero-order valence-electron chi connectivity index (χ0n) is 12.0. The molecule has 3 rings (SSSR count). The van der Waals surface area contributed by atoms with Crippen molar-refractivity contribution in [3.63, 3.8) is 0 Å². The van der Waals surface area contributed by atoms with Crippen LogP contribution in [0.25, 0.3) is 0 Å². The Labute approximate surface area is 120 Å². The first-order chi connectivity index (χ1) is 9.84. The molecule has 2 aliphatic heterocycles. The van der Waals surface area contributed by atoms with Crippen LogP contribution in [0.2, 0.25) is 0 Å².